The molecule has 0 aliphatic carbocycles. The van der Waals surface area contributed by atoms with Crippen molar-refractivity contribution >= 4 is 59.1 Å². The minimum atomic E-state index is -1.55. The van der Waals surface area contributed by atoms with E-state index in [1.54, 1.807) is 0 Å². The first kappa shape index (κ1) is 62.3. The number of aliphatic hydroxyl groups is 1. The zero-order valence-electron chi connectivity index (χ0n) is 41.6. The first-order valence-electron chi connectivity index (χ1n) is 24.4. The highest BCUT2D eigenvalue weighted by Gasteiger charge is 2.39. The van der Waals surface area contributed by atoms with E-state index in [0.717, 1.165) is 12.8 Å². The maximum atomic E-state index is 14.2. The van der Waals surface area contributed by atoms with Crippen molar-refractivity contribution in [2.45, 2.75) is 139 Å². The second kappa shape index (κ2) is 33.8. The molecular formula is C44H79N19O10. The molecule has 0 spiro atoms. The van der Waals surface area contributed by atoms with Crippen LogP contribution in [0.15, 0.2) is 29.3 Å². The van der Waals surface area contributed by atoms with Crippen LogP contribution in [0.1, 0.15) is 89.7 Å². The Morgan fingerprint density at radius 3 is 2.10 bits per heavy atom. The minimum Gasteiger partial charge on any atom is -0.389 e. The zero-order valence-corrected chi connectivity index (χ0v) is 41.6. The number of aliphatic imine (C=N–C) groups is 1. The number of aromatic nitrogens is 2. The molecule has 2 heterocycles. The quantitative estimate of drug-likeness (QED) is 0.0130. The summed E-state index contributed by atoms with van der Waals surface area (Å²) in [7, 11) is 0. The molecule has 0 saturated carbocycles. The Kier molecular flexibility index (Phi) is 28.8. The van der Waals surface area contributed by atoms with Gasteiger partial charge in [-0.15, -0.1) is 0 Å². The van der Waals surface area contributed by atoms with Crippen molar-refractivity contribution in [3.63, 3.8) is 0 Å². The van der Waals surface area contributed by atoms with Gasteiger partial charge in [-0.25, -0.2) is 4.98 Å². The predicted octanol–water partition coefficient (Wildman–Crippen LogP) is -7.31. The van der Waals surface area contributed by atoms with Crippen LogP contribution in [0.5, 0.6) is 0 Å². The summed E-state index contributed by atoms with van der Waals surface area (Å²) in [4.78, 5) is 132. The molecule has 9 amide bonds. The van der Waals surface area contributed by atoms with Crippen molar-refractivity contribution in [1.82, 2.24) is 52.1 Å². The molecule has 8 atom stereocenters. The van der Waals surface area contributed by atoms with Gasteiger partial charge in [0, 0.05) is 37.9 Å². The molecule has 1 unspecified atom stereocenters. The van der Waals surface area contributed by atoms with Crippen LogP contribution in [-0.4, -0.2) is 173 Å². The normalized spacial score (nSPS) is 16.3. The number of H-pyrrole nitrogens is 1. The molecule has 1 aromatic heterocycles. The molecule has 410 valence electrons. The fourth-order valence-electron chi connectivity index (χ4n) is 7.53. The van der Waals surface area contributed by atoms with Gasteiger partial charge in [-0.2, -0.15) is 0 Å². The maximum Gasteiger partial charge on any atom is 0.264 e. The first-order chi connectivity index (χ1) is 34.8. The molecule has 1 fully saturated rings. The summed E-state index contributed by atoms with van der Waals surface area (Å²) in [5.41, 5.74) is 44.9. The summed E-state index contributed by atoms with van der Waals surface area (Å²) in [5, 5.41) is 28.0. The van der Waals surface area contributed by atoms with Crippen molar-refractivity contribution in [2.24, 2.45) is 50.9 Å². The average Bonchev–Trinajstić information content (AvgIpc) is 4.08. The maximum absolute atomic E-state index is 14.2. The van der Waals surface area contributed by atoms with Gasteiger partial charge in [-0.1, -0.05) is 18.9 Å². The van der Waals surface area contributed by atoms with Crippen molar-refractivity contribution < 1.29 is 48.3 Å². The number of unbranched alkanes of at least 4 members (excludes halogenated alkanes) is 3. The van der Waals surface area contributed by atoms with Gasteiger partial charge >= 0.3 is 0 Å². The van der Waals surface area contributed by atoms with Gasteiger partial charge in [-0.05, 0) is 90.8 Å². The SMILES string of the molecule is C[C@H](NC(=O)[C@@H](NC(=O)C(N)CCCCCN)[C@@H](O)CN)C(=O)NCC(=O)N[C@H](CCCN)C(=O)N1CCC[C@H]1C(=O)N[C@@H](Cc1cnc[nH]1)C(=O)N[C@@H](CCCCN)C(=O)N/C(=C\CCN=C(N)N)C(N)=O. The number of hydrogen-bond donors (Lipinski definition) is 17. The lowest BCUT2D eigenvalue weighted by molar-refractivity contribution is -0.142. The minimum absolute atomic E-state index is 0.0572. The largest absolute Gasteiger partial charge is 0.389 e. The predicted molar refractivity (Wildman–Crippen MR) is 268 cm³/mol. The van der Waals surface area contributed by atoms with Gasteiger partial charge in [0.2, 0.25) is 47.3 Å². The lowest BCUT2D eigenvalue weighted by Gasteiger charge is -2.30. The molecule has 2 rings (SSSR count). The number of imidazole rings is 1. The van der Waals surface area contributed by atoms with E-state index in [-0.39, 0.29) is 69.8 Å². The number of likely N-dealkylation sites (tertiary alicyclic amines) is 1. The molecule has 1 aliphatic heterocycles. The first-order valence-corrected chi connectivity index (χ1v) is 24.4. The van der Waals surface area contributed by atoms with Crippen molar-refractivity contribution in [1.29, 1.82) is 0 Å². The number of carbonyl (C=O) groups is 9. The number of nitrogens with zero attached hydrogens (tertiary/aromatic N) is 3. The highest BCUT2D eigenvalue weighted by Crippen LogP contribution is 2.20. The van der Waals surface area contributed by atoms with Gasteiger partial charge in [0.05, 0.1) is 25.0 Å². The third-order valence-electron chi connectivity index (χ3n) is 11.6. The topological polar surface area (TPSA) is 511 Å². The summed E-state index contributed by atoms with van der Waals surface area (Å²) < 4.78 is 0. The average molecular weight is 1030 g/mol. The lowest BCUT2D eigenvalue weighted by atomic mass is 10.1. The number of nitrogens with two attached hydrogens (primary N) is 8. The number of carbonyl (C=O) groups excluding carboxylic acids is 9. The number of nitrogens with one attached hydrogen (secondary N) is 8. The van der Waals surface area contributed by atoms with E-state index in [2.05, 4.69) is 52.2 Å². The van der Waals surface area contributed by atoms with E-state index >= 15 is 0 Å². The molecule has 0 bridgehead atoms. The second-order valence-corrected chi connectivity index (χ2v) is 17.5. The lowest BCUT2D eigenvalue weighted by Crippen LogP contribution is -2.60. The molecule has 25 N–H and O–H groups in total. The number of hydrogen-bond acceptors (Lipinski definition) is 17. The fraction of sp³-hybridized carbons (Fsp3) is 0.659. The molecular weight excluding hydrogens is 955 g/mol. The Hall–Kier alpha value is -6.79. The molecule has 29 nitrogen and oxygen atoms in total. The van der Waals surface area contributed by atoms with Crippen LogP contribution < -0.4 is 83.1 Å². The molecule has 1 saturated heterocycles. The van der Waals surface area contributed by atoms with E-state index in [1.807, 2.05) is 0 Å². The summed E-state index contributed by atoms with van der Waals surface area (Å²) in [6, 6.07) is -8.66. The molecule has 0 aromatic carbocycles. The second-order valence-electron chi connectivity index (χ2n) is 17.5. The van der Waals surface area contributed by atoms with E-state index in [0.29, 0.717) is 50.9 Å². The van der Waals surface area contributed by atoms with Gasteiger partial charge in [-0.3, -0.25) is 48.1 Å². The molecule has 1 aromatic rings. The van der Waals surface area contributed by atoms with Crippen molar-refractivity contribution in [3.8, 4) is 0 Å². The highest BCUT2D eigenvalue weighted by molar-refractivity contribution is 6.00. The van der Waals surface area contributed by atoms with Crippen LogP contribution in [0.2, 0.25) is 0 Å². The Balaban J connectivity index is 2.19. The summed E-state index contributed by atoms with van der Waals surface area (Å²) in [6.45, 7) is 1.39. The van der Waals surface area contributed by atoms with E-state index in [9.17, 15) is 48.3 Å². The van der Waals surface area contributed by atoms with E-state index in [4.69, 9.17) is 45.9 Å². The van der Waals surface area contributed by atoms with Gasteiger partial charge in [0.1, 0.15) is 41.9 Å². The Labute approximate surface area is 424 Å². The van der Waals surface area contributed by atoms with Crippen molar-refractivity contribution in [3.05, 3.63) is 30.0 Å². The molecule has 0 radical (unpaired) electrons. The summed E-state index contributed by atoms with van der Waals surface area (Å²) >= 11 is 0. The van der Waals surface area contributed by atoms with E-state index in [1.165, 1.54) is 30.4 Å². The van der Waals surface area contributed by atoms with Crippen LogP contribution in [0.4, 0.5) is 0 Å². The number of aromatic amines is 1. The monoisotopic (exact) mass is 1030 g/mol. The van der Waals surface area contributed by atoms with Gasteiger partial charge < -0.3 is 98.1 Å². The number of aliphatic hydroxyl groups excluding tert-OH is 1. The fourth-order valence-corrected chi connectivity index (χ4v) is 7.53. The molecule has 29 heteroatoms. The van der Waals surface area contributed by atoms with Crippen molar-refractivity contribution in [2.75, 3.05) is 45.8 Å². The Morgan fingerprint density at radius 2 is 1.47 bits per heavy atom. The Morgan fingerprint density at radius 1 is 0.795 bits per heavy atom. The molecule has 1 aliphatic rings. The third-order valence-corrected chi connectivity index (χ3v) is 11.6. The Bertz CT molecular complexity index is 2020. The van der Waals surface area contributed by atoms with E-state index < -0.39 is 115 Å². The standard InChI is InChI=1S/C44H79N19O10/c1-25(57-42(72)35(33(64)21-48)62-38(68)27(49)10-3-2-5-15-45)37(67)55-23-34(65)58-30(12-7-17-47)43(73)63-19-9-14-32(63)41(71)61-31(20-26-22-53-24-56-26)40(70)60-29(11-4-6-16-46)39(69)59-28(36(50)66)13-8-18-54-44(51)52/h13,22,24-25,27,29-33,35,64H,2-12,14-21,23,45-49H2,1H3,(H2,50,66)(H,53,56)(H,55,67)(H,57,72)(H,58,65)(H,59,69)(H,60,70)(H,61,71)(H,62,68)(H4,51,52,54)/b28-13-/t25-,27?,29-,30+,31-,32-,33-,35-/m0/s1. The number of rotatable bonds is 35. The number of amides is 9. The third kappa shape index (κ3) is 22.7. The number of guanidine groups is 1. The van der Waals surface area contributed by atoms with Crippen LogP contribution >= 0.6 is 0 Å². The smallest absolute Gasteiger partial charge is 0.264 e. The highest BCUT2D eigenvalue weighted by atomic mass is 16.3. The van der Waals surface area contributed by atoms with Crippen LogP contribution in [-0.2, 0) is 49.6 Å². The van der Waals surface area contributed by atoms with Gasteiger partial charge in [0.25, 0.3) is 5.91 Å². The number of primary amides is 1. The zero-order chi connectivity index (χ0) is 54.5. The van der Waals surface area contributed by atoms with Gasteiger partial charge in [0.15, 0.2) is 5.96 Å². The molecule has 73 heavy (non-hydrogen) atoms. The summed E-state index contributed by atoms with van der Waals surface area (Å²) in [6.07, 6.45) is 6.96. The van der Waals surface area contributed by atoms with Crippen LogP contribution in [0.25, 0.3) is 0 Å². The van der Waals surface area contributed by atoms with Crippen LogP contribution in [0.3, 0.4) is 0 Å². The van der Waals surface area contributed by atoms with Crippen LogP contribution in [0, 0.1) is 0 Å². The summed E-state index contributed by atoms with van der Waals surface area (Å²) in [5.74, 6) is -7.29.